The van der Waals surface area contributed by atoms with Gasteiger partial charge in [0, 0.05) is 22.2 Å². The van der Waals surface area contributed by atoms with E-state index in [0.717, 1.165) is 35.2 Å². The van der Waals surface area contributed by atoms with Crippen molar-refractivity contribution in [3.63, 3.8) is 0 Å². The zero-order valence-electron chi connectivity index (χ0n) is 11.4. The fourth-order valence-electron chi connectivity index (χ4n) is 1.57. The third-order valence-electron chi connectivity index (χ3n) is 2.56. The van der Waals surface area contributed by atoms with E-state index in [0.29, 0.717) is 6.42 Å². The van der Waals surface area contributed by atoms with Crippen LogP contribution in [0.5, 0.6) is 0 Å². The largest absolute Gasteiger partial charge is 0.469 e. The van der Waals surface area contributed by atoms with Crippen LogP contribution < -0.4 is 5.32 Å². The third-order valence-corrected chi connectivity index (χ3v) is 3.91. The molecule has 0 atom stereocenters. The van der Waals surface area contributed by atoms with E-state index in [1.807, 2.05) is 18.2 Å². The van der Waals surface area contributed by atoms with Gasteiger partial charge in [-0.2, -0.15) is 0 Å². The molecule has 0 aliphatic heterocycles. The number of carbonyl (C=O) groups is 1. The lowest BCUT2D eigenvalue weighted by Gasteiger charge is -2.10. The predicted octanol–water partition coefficient (Wildman–Crippen LogP) is 3.49. The van der Waals surface area contributed by atoms with Gasteiger partial charge in [-0.3, -0.25) is 4.79 Å². The van der Waals surface area contributed by atoms with Crippen molar-refractivity contribution in [2.75, 3.05) is 19.4 Å². The molecule has 0 heterocycles. The van der Waals surface area contributed by atoms with Crippen molar-refractivity contribution < 1.29 is 9.53 Å². The molecule has 1 N–H and O–H groups in total. The van der Waals surface area contributed by atoms with Crippen LogP contribution in [0.15, 0.2) is 23.1 Å². The smallest absolute Gasteiger partial charge is 0.306 e. The van der Waals surface area contributed by atoms with E-state index >= 15 is 0 Å². The van der Waals surface area contributed by atoms with E-state index in [1.165, 1.54) is 12.7 Å². The number of thioether (sulfide) groups is 1. The van der Waals surface area contributed by atoms with Gasteiger partial charge in [0.25, 0.3) is 0 Å². The van der Waals surface area contributed by atoms with Crippen LogP contribution in [0.4, 0.5) is 0 Å². The Balaban J connectivity index is 2.57. The maximum atomic E-state index is 11.1. The van der Waals surface area contributed by atoms with Gasteiger partial charge in [0.05, 0.1) is 13.5 Å². The van der Waals surface area contributed by atoms with Crippen molar-refractivity contribution in [3.05, 3.63) is 28.8 Å². The predicted molar refractivity (Wildman–Crippen MR) is 80.8 cm³/mol. The van der Waals surface area contributed by atoms with Crippen molar-refractivity contribution in [3.8, 4) is 0 Å². The highest BCUT2D eigenvalue weighted by molar-refractivity contribution is 7.99. The lowest BCUT2D eigenvalue weighted by atomic mass is 10.2. The molecule has 0 radical (unpaired) electrons. The lowest BCUT2D eigenvalue weighted by molar-refractivity contribution is -0.140. The van der Waals surface area contributed by atoms with Gasteiger partial charge < -0.3 is 10.1 Å². The van der Waals surface area contributed by atoms with Gasteiger partial charge in [-0.15, -0.1) is 11.8 Å². The minimum atomic E-state index is -0.174. The molecule has 0 fully saturated rings. The van der Waals surface area contributed by atoms with Gasteiger partial charge in [-0.25, -0.2) is 0 Å². The molecule has 1 aromatic carbocycles. The average molecular weight is 302 g/mol. The number of halogens is 1. The molecule has 0 saturated heterocycles. The Morgan fingerprint density at radius 3 is 2.95 bits per heavy atom. The average Bonchev–Trinajstić information content (AvgIpc) is 2.41. The molecule has 106 valence electrons. The lowest BCUT2D eigenvalue weighted by Crippen LogP contribution is -2.14. The molecule has 0 bridgehead atoms. The molecular formula is C14H20ClNO2S. The number of carbonyl (C=O) groups excluding carboxylic acids is 1. The summed E-state index contributed by atoms with van der Waals surface area (Å²) in [7, 11) is 1.41. The van der Waals surface area contributed by atoms with E-state index in [9.17, 15) is 4.79 Å². The van der Waals surface area contributed by atoms with Gasteiger partial charge >= 0.3 is 5.97 Å². The quantitative estimate of drug-likeness (QED) is 0.453. The second-order valence-corrected chi connectivity index (χ2v) is 5.68. The first-order chi connectivity index (χ1) is 9.17. The number of ether oxygens (including phenoxy) is 1. The van der Waals surface area contributed by atoms with Crippen molar-refractivity contribution in [2.24, 2.45) is 0 Å². The zero-order chi connectivity index (χ0) is 14.1. The zero-order valence-corrected chi connectivity index (χ0v) is 12.9. The fourth-order valence-corrected chi connectivity index (χ4v) is 2.74. The monoisotopic (exact) mass is 301 g/mol. The maximum Gasteiger partial charge on any atom is 0.306 e. The number of esters is 1. The second-order valence-electron chi connectivity index (χ2n) is 4.10. The minimum Gasteiger partial charge on any atom is -0.469 e. The summed E-state index contributed by atoms with van der Waals surface area (Å²) in [5.41, 5.74) is 1.18. The Morgan fingerprint density at radius 2 is 2.26 bits per heavy atom. The van der Waals surface area contributed by atoms with E-state index in [1.54, 1.807) is 11.8 Å². The third kappa shape index (κ3) is 6.32. The van der Waals surface area contributed by atoms with Gasteiger partial charge in [0.2, 0.25) is 0 Å². The van der Waals surface area contributed by atoms with Crippen LogP contribution in [0.25, 0.3) is 0 Å². The van der Waals surface area contributed by atoms with Crippen molar-refractivity contribution in [1.82, 2.24) is 5.32 Å². The van der Waals surface area contributed by atoms with Crippen LogP contribution in [0.2, 0.25) is 5.02 Å². The van der Waals surface area contributed by atoms with Gasteiger partial charge in [-0.1, -0.05) is 18.5 Å². The first-order valence-electron chi connectivity index (χ1n) is 6.36. The highest BCUT2D eigenvalue weighted by Crippen LogP contribution is 2.26. The summed E-state index contributed by atoms with van der Waals surface area (Å²) in [5, 5.41) is 4.11. The fraction of sp³-hybridized carbons (Fsp3) is 0.500. The van der Waals surface area contributed by atoms with Crippen LogP contribution in [0, 0.1) is 0 Å². The summed E-state index contributed by atoms with van der Waals surface area (Å²) < 4.78 is 4.63. The Bertz CT molecular complexity index is 412. The molecule has 0 aliphatic carbocycles. The first kappa shape index (κ1) is 16.3. The number of benzene rings is 1. The molecule has 1 aromatic rings. The summed E-state index contributed by atoms with van der Waals surface area (Å²) in [4.78, 5) is 12.2. The number of nitrogens with one attached hydrogen (secondary N) is 1. The standard InChI is InChI=1S/C14H20ClNO2S/c1-3-7-16-10-11-9-12(15)4-5-13(11)19-8-6-14(17)18-2/h4-5,9,16H,3,6-8,10H2,1-2H3. The van der Waals surface area contributed by atoms with Gasteiger partial charge in [-0.05, 0) is 36.7 Å². The minimum absolute atomic E-state index is 0.174. The second kappa shape index (κ2) is 9.23. The van der Waals surface area contributed by atoms with Crippen molar-refractivity contribution in [1.29, 1.82) is 0 Å². The number of hydrogen-bond acceptors (Lipinski definition) is 4. The molecule has 1 rings (SSSR count). The molecule has 0 aromatic heterocycles. The van der Waals surface area contributed by atoms with Gasteiger partial charge in [0.15, 0.2) is 0 Å². The molecule has 0 aliphatic rings. The van der Waals surface area contributed by atoms with Crippen LogP contribution in [-0.4, -0.2) is 25.4 Å². The highest BCUT2D eigenvalue weighted by atomic mass is 35.5. The Kier molecular flexibility index (Phi) is 7.94. The molecule has 3 nitrogen and oxygen atoms in total. The highest BCUT2D eigenvalue weighted by Gasteiger charge is 2.06. The molecule has 0 saturated carbocycles. The summed E-state index contributed by atoms with van der Waals surface area (Å²) in [6, 6.07) is 5.86. The van der Waals surface area contributed by atoms with Crippen LogP contribution >= 0.6 is 23.4 Å². The van der Waals surface area contributed by atoms with E-state index in [2.05, 4.69) is 17.0 Å². The molecule has 0 spiro atoms. The Morgan fingerprint density at radius 1 is 1.47 bits per heavy atom. The van der Waals surface area contributed by atoms with E-state index in [-0.39, 0.29) is 5.97 Å². The molecule has 5 heteroatoms. The summed E-state index contributed by atoms with van der Waals surface area (Å²) >= 11 is 7.68. The SMILES string of the molecule is CCCNCc1cc(Cl)ccc1SCCC(=O)OC. The van der Waals surface area contributed by atoms with Gasteiger partial charge in [0.1, 0.15) is 0 Å². The summed E-state index contributed by atoms with van der Waals surface area (Å²) in [6.45, 7) is 3.92. The maximum absolute atomic E-state index is 11.1. The van der Waals surface area contributed by atoms with Crippen molar-refractivity contribution >= 4 is 29.3 Å². The van der Waals surface area contributed by atoms with Crippen molar-refractivity contribution in [2.45, 2.75) is 31.2 Å². The van der Waals surface area contributed by atoms with E-state index in [4.69, 9.17) is 11.6 Å². The first-order valence-corrected chi connectivity index (χ1v) is 7.72. The molecule has 0 unspecified atom stereocenters. The van der Waals surface area contributed by atoms with Crippen LogP contribution in [-0.2, 0) is 16.1 Å². The van der Waals surface area contributed by atoms with E-state index < -0.39 is 0 Å². The molecule has 0 amide bonds. The molecular weight excluding hydrogens is 282 g/mol. The van der Waals surface area contributed by atoms with Crippen LogP contribution in [0.1, 0.15) is 25.3 Å². The normalized spacial score (nSPS) is 10.5. The Hall–Kier alpha value is -0.710. The number of rotatable bonds is 8. The van der Waals surface area contributed by atoms with Crippen LogP contribution in [0.3, 0.4) is 0 Å². The topological polar surface area (TPSA) is 38.3 Å². The summed E-state index contributed by atoms with van der Waals surface area (Å²) in [5.74, 6) is 0.543. The molecule has 19 heavy (non-hydrogen) atoms. The Labute approximate surface area is 124 Å². The number of methoxy groups -OCH3 is 1. The summed E-state index contributed by atoms with van der Waals surface area (Å²) in [6.07, 6.45) is 1.52. The number of hydrogen-bond donors (Lipinski definition) is 1.